The van der Waals surface area contributed by atoms with Crippen LogP contribution in [0.25, 0.3) is 22.6 Å². The first-order valence-corrected chi connectivity index (χ1v) is 5.73. The SMILES string of the molecule is [Cd].c1ccc(-c2cccnc2-c2ccccn2)nc1. The summed E-state index contributed by atoms with van der Waals surface area (Å²) in [5.74, 6) is 0. The molecule has 0 atom stereocenters. The first-order valence-electron chi connectivity index (χ1n) is 5.73. The van der Waals surface area contributed by atoms with E-state index in [0.717, 1.165) is 22.6 Å². The molecular formula is C15H11CdN3. The van der Waals surface area contributed by atoms with Gasteiger partial charge in [-0.3, -0.25) is 15.0 Å². The molecule has 3 heterocycles. The zero-order valence-corrected chi connectivity index (χ0v) is 14.4. The Bertz CT molecular complexity index is 583. The summed E-state index contributed by atoms with van der Waals surface area (Å²) in [6, 6.07) is 15.6. The molecule has 0 saturated heterocycles. The van der Waals surface area contributed by atoms with Crippen LogP contribution in [-0.2, 0) is 27.3 Å². The van der Waals surface area contributed by atoms with Gasteiger partial charge in [-0.2, -0.15) is 0 Å². The summed E-state index contributed by atoms with van der Waals surface area (Å²) < 4.78 is 0. The van der Waals surface area contributed by atoms with Gasteiger partial charge in [0, 0.05) is 51.5 Å². The quantitative estimate of drug-likeness (QED) is 0.670. The van der Waals surface area contributed by atoms with Gasteiger partial charge in [-0.05, 0) is 36.4 Å². The number of pyridine rings is 3. The van der Waals surface area contributed by atoms with Gasteiger partial charge in [-0.1, -0.05) is 12.1 Å². The molecule has 88 valence electrons. The van der Waals surface area contributed by atoms with Crippen LogP contribution in [0.5, 0.6) is 0 Å². The first kappa shape index (κ1) is 13.8. The van der Waals surface area contributed by atoms with Gasteiger partial charge < -0.3 is 0 Å². The van der Waals surface area contributed by atoms with Gasteiger partial charge in [0.15, 0.2) is 0 Å². The maximum atomic E-state index is 4.42. The molecule has 3 aromatic heterocycles. The molecule has 0 N–H and O–H groups in total. The zero-order chi connectivity index (χ0) is 12.2. The maximum Gasteiger partial charge on any atom is 0.0980 e. The molecule has 0 saturated carbocycles. The van der Waals surface area contributed by atoms with Gasteiger partial charge in [-0.15, -0.1) is 0 Å². The van der Waals surface area contributed by atoms with Crippen LogP contribution in [0.2, 0.25) is 0 Å². The molecule has 0 fully saturated rings. The van der Waals surface area contributed by atoms with E-state index < -0.39 is 0 Å². The van der Waals surface area contributed by atoms with E-state index in [1.807, 2.05) is 48.5 Å². The van der Waals surface area contributed by atoms with Gasteiger partial charge in [0.25, 0.3) is 0 Å². The van der Waals surface area contributed by atoms with Crippen molar-refractivity contribution in [1.29, 1.82) is 0 Å². The summed E-state index contributed by atoms with van der Waals surface area (Å²) in [4.78, 5) is 13.1. The fraction of sp³-hybridized carbons (Fsp3) is 0. The van der Waals surface area contributed by atoms with Crippen molar-refractivity contribution in [3.8, 4) is 22.6 Å². The Morgan fingerprint density at radius 2 is 1.21 bits per heavy atom. The molecule has 3 rings (SSSR count). The van der Waals surface area contributed by atoms with E-state index in [0.29, 0.717) is 0 Å². The van der Waals surface area contributed by atoms with Gasteiger partial charge in [0.2, 0.25) is 0 Å². The van der Waals surface area contributed by atoms with Crippen LogP contribution < -0.4 is 0 Å². The minimum Gasteiger partial charge on any atom is -0.256 e. The van der Waals surface area contributed by atoms with E-state index in [-0.39, 0.29) is 27.3 Å². The number of rotatable bonds is 2. The number of nitrogens with zero attached hydrogens (tertiary/aromatic N) is 3. The second-order valence-electron chi connectivity index (χ2n) is 3.83. The summed E-state index contributed by atoms with van der Waals surface area (Å²) in [6.45, 7) is 0. The minimum absolute atomic E-state index is 0. The molecule has 0 aliphatic rings. The summed E-state index contributed by atoms with van der Waals surface area (Å²) in [5.41, 5.74) is 3.62. The monoisotopic (exact) mass is 347 g/mol. The fourth-order valence-electron chi connectivity index (χ4n) is 1.84. The fourth-order valence-corrected chi connectivity index (χ4v) is 1.84. The number of aromatic nitrogens is 3. The van der Waals surface area contributed by atoms with Crippen LogP contribution in [0.4, 0.5) is 0 Å². The van der Waals surface area contributed by atoms with Crippen LogP contribution in [0, 0.1) is 0 Å². The van der Waals surface area contributed by atoms with Gasteiger partial charge in [-0.25, -0.2) is 0 Å². The van der Waals surface area contributed by atoms with Crippen molar-refractivity contribution in [2.45, 2.75) is 0 Å². The summed E-state index contributed by atoms with van der Waals surface area (Å²) in [6.07, 6.45) is 5.33. The van der Waals surface area contributed by atoms with E-state index in [1.54, 1.807) is 18.6 Å². The minimum atomic E-state index is 0. The Morgan fingerprint density at radius 3 is 1.84 bits per heavy atom. The normalized spacial score (nSPS) is 9.68. The molecule has 0 aromatic carbocycles. The number of hydrogen-bond acceptors (Lipinski definition) is 3. The summed E-state index contributed by atoms with van der Waals surface area (Å²) in [5, 5.41) is 0. The molecule has 4 heteroatoms. The molecule has 19 heavy (non-hydrogen) atoms. The largest absolute Gasteiger partial charge is 0.256 e. The van der Waals surface area contributed by atoms with Crippen molar-refractivity contribution < 1.29 is 27.3 Å². The maximum absolute atomic E-state index is 4.42. The van der Waals surface area contributed by atoms with Gasteiger partial charge in [0.1, 0.15) is 0 Å². The third kappa shape index (κ3) is 3.04. The van der Waals surface area contributed by atoms with Crippen molar-refractivity contribution in [2.75, 3.05) is 0 Å². The van der Waals surface area contributed by atoms with Crippen molar-refractivity contribution >= 4 is 0 Å². The first-order chi connectivity index (χ1) is 8.95. The van der Waals surface area contributed by atoms with Crippen LogP contribution in [-0.4, -0.2) is 15.0 Å². The van der Waals surface area contributed by atoms with Crippen molar-refractivity contribution in [3.63, 3.8) is 0 Å². The van der Waals surface area contributed by atoms with Crippen LogP contribution in [0.3, 0.4) is 0 Å². The Kier molecular flexibility index (Phi) is 4.73. The van der Waals surface area contributed by atoms with Gasteiger partial charge >= 0.3 is 0 Å². The Balaban J connectivity index is 0.00000133. The molecule has 0 radical (unpaired) electrons. The topological polar surface area (TPSA) is 38.7 Å². The van der Waals surface area contributed by atoms with E-state index in [4.69, 9.17) is 0 Å². The molecule has 0 bridgehead atoms. The predicted molar refractivity (Wildman–Crippen MR) is 70.7 cm³/mol. The Morgan fingerprint density at radius 1 is 0.579 bits per heavy atom. The third-order valence-electron chi connectivity index (χ3n) is 2.66. The standard InChI is InChI=1S/C15H11N3.Cd/c1-3-9-16-13(7-1)12-6-5-11-18-15(12)14-8-2-4-10-17-14;/h1-11H;. The van der Waals surface area contributed by atoms with Crippen molar-refractivity contribution in [1.82, 2.24) is 15.0 Å². The second kappa shape index (κ2) is 6.51. The molecule has 0 aliphatic heterocycles. The van der Waals surface area contributed by atoms with Gasteiger partial charge in [0.05, 0.1) is 17.1 Å². The van der Waals surface area contributed by atoms with Crippen LogP contribution in [0.15, 0.2) is 67.1 Å². The molecule has 3 nitrogen and oxygen atoms in total. The second-order valence-corrected chi connectivity index (χ2v) is 3.83. The average Bonchev–Trinajstić information content (AvgIpc) is 2.49. The van der Waals surface area contributed by atoms with E-state index in [1.165, 1.54) is 0 Å². The van der Waals surface area contributed by atoms with Crippen molar-refractivity contribution in [2.24, 2.45) is 0 Å². The smallest absolute Gasteiger partial charge is 0.0980 e. The molecule has 0 aliphatic carbocycles. The Labute approximate surface area is 131 Å². The molecule has 3 aromatic rings. The van der Waals surface area contributed by atoms with Crippen LogP contribution in [0.1, 0.15) is 0 Å². The van der Waals surface area contributed by atoms with Crippen molar-refractivity contribution in [3.05, 3.63) is 67.1 Å². The number of hydrogen-bond donors (Lipinski definition) is 0. The Hall–Kier alpha value is -1.63. The van der Waals surface area contributed by atoms with E-state index in [9.17, 15) is 0 Å². The summed E-state index contributed by atoms with van der Waals surface area (Å²) >= 11 is 0. The molecular weight excluding hydrogens is 335 g/mol. The van der Waals surface area contributed by atoms with Crippen LogP contribution >= 0.6 is 0 Å². The summed E-state index contributed by atoms with van der Waals surface area (Å²) in [7, 11) is 0. The zero-order valence-electron chi connectivity index (χ0n) is 10.4. The van der Waals surface area contributed by atoms with E-state index in [2.05, 4.69) is 15.0 Å². The predicted octanol–water partition coefficient (Wildman–Crippen LogP) is 3.20. The molecule has 0 unspecified atom stereocenters. The van der Waals surface area contributed by atoms with E-state index >= 15 is 0 Å². The third-order valence-corrected chi connectivity index (χ3v) is 2.66. The average molecular weight is 346 g/mol. The molecule has 0 amide bonds. The molecule has 0 spiro atoms.